The molecular weight excluding hydrogens is 533 g/mol. The van der Waals surface area contributed by atoms with E-state index < -0.39 is 5.60 Å². The number of nitrogens with zero attached hydrogens (tertiary/aromatic N) is 2. The normalized spacial score (nSPS) is 19.9. The minimum Gasteiger partial charge on any atom is -0.497 e. The van der Waals surface area contributed by atoms with Crippen LogP contribution in [0, 0.1) is 5.92 Å². The topological polar surface area (TPSA) is 83.8 Å². The lowest BCUT2D eigenvalue weighted by Crippen LogP contribution is -2.45. The van der Waals surface area contributed by atoms with E-state index in [4.69, 9.17) is 16.3 Å². The summed E-state index contributed by atoms with van der Waals surface area (Å²) in [7, 11) is 1.65. The number of benzene rings is 2. The number of amides is 1. The Hall–Kier alpha value is -2.10. The molecule has 5 rings (SSSR count). The van der Waals surface area contributed by atoms with Gasteiger partial charge in [0.25, 0.3) is 0 Å². The third-order valence-electron chi connectivity index (χ3n) is 7.60. The number of thiazole rings is 1. The SMILES string of the molecule is COc1ccc2c(c1)C(O)(CNCC1CCN(C(=O)Cn3c(=O)sc4ccc(Cl)cc43)CC1)CCC2.Cl. The number of hydrogen-bond acceptors (Lipinski definition) is 6. The molecule has 37 heavy (non-hydrogen) atoms. The van der Waals surface area contributed by atoms with Crippen molar-refractivity contribution in [2.24, 2.45) is 5.92 Å². The van der Waals surface area contributed by atoms with Crippen molar-refractivity contribution in [3.63, 3.8) is 0 Å². The molecule has 1 amide bonds. The van der Waals surface area contributed by atoms with Gasteiger partial charge in [-0.05, 0) is 86.0 Å². The Morgan fingerprint density at radius 1 is 1.24 bits per heavy atom. The van der Waals surface area contributed by atoms with E-state index in [-0.39, 0.29) is 29.7 Å². The summed E-state index contributed by atoms with van der Waals surface area (Å²) in [6.07, 6.45) is 4.47. The van der Waals surface area contributed by atoms with Crippen molar-refractivity contribution in [1.82, 2.24) is 14.8 Å². The van der Waals surface area contributed by atoms with Crippen molar-refractivity contribution in [1.29, 1.82) is 0 Å². The van der Waals surface area contributed by atoms with Crippen molar-refractivity contribution in [3.8, 4) is 5.75 Å². The maximum absolute atomic E-state index is 13.0. The smallest absolute Gasteiger partial charge is 0.308 e. The van der Waals surface area contributed by atoms with Crippen LogP contribution in [0.4, 0.5) is 0 Å². The van der Waals surface area contributed by atoms with Gasteiger partial charge in [0.1, 0.15) is 17.9 Å². The molecule has 10 heteroatoms. The second-order valence-corrected chi connectivity index (χ2v) is 11.4. The van der Waals surface area contributed by atoms with E-state index in [2.05, 4.69) is 11.4 Å². The van der Waals surface area contributed by atoms with Crippen LogP contribution < -0.4 is 14.9 Å². The summed E-state index contributed by atoms with van der Waals surface area (Å²) in [6.45, 7) is 2.69. The van der Waals surface area contributed by atoms with Crippen LogP contribution in [0.5, 0.6) is 5.75 Å². The first kappa shape index (κ1) is 27.9. The lowest BCUT2D eigenvalue weighted by atomic mass is 9.79. The van der Waals surface area contributed by atoms with Gasteiger partial charge in [0.05, 0.1) is 17.3 Å². The van der Waals surface area contributed by atoms with Gasteiger partial charge in [0.15, 0.2) is 0 Å². The molecule has 2 heterocycles. The highest BCUT2D eigenvalue weighted by atomic mass is 35.5. The van der Waals surface area contributed by atoms with Crippen LogP contribution >= 0.6 is 35.3 Å². The van der Waals surface area contributed by atoms with E-state index in [1.165, 1.54) is 10.1 Å². The van der Waals surface area contributed by atoms with Gasteiger partial charge in [-0.2, -0.15) is 0 Å². The van der Waals surface area contributed by atoms with Crippen LogP contribution in [0.2, 0.25) is 5.02 Å². The van der Waals surface area contributed by atoms with Gasteiger partial charge in [0, 0.05) is 24.7 Å². The molecule has 0 radical (unpaired) electrons. The predicted octanol–water partition coefficient (Wildman–Crippen LogP) is 4.20. The second-order valence-electron chi connectivity index (χ2n) is 9.93. The summed E-state index contributed by atoms with van der Waals surface area (Å²) in [4.78, 5) is 27.1. The zero-order chi connectivity index (χ0) is 25.3. The van der Waals surface area contributed by atoms with Gasteiger partial charge in [-0.3, -0.25) is 14.2 Å². The number of likely N-dealkylation sites (tertiary alicyclic amines) is 1. The van der Waals surface area contributed by atoms with Crippen LogP contribution in [-0.4, -0.2) is 53.8 Å². The number of aryl methyl sites for hydroxylation is 1. The molecule has 3 aromatic rings. The molecule has 1 saturated heterocycles. The van der Waals surface area contributed by atoms with Crippen LogP contribution in [-0.2, 0) is 23.4 Å². The van der Waals surface area contributed by atoms with Crippen molar-refractivity contribution in [2.45, 2.75) is 44.2 Å². The lowest BCUT2D eigenvalue weighted by Gasteiger charge is -2.36. The Morgan fingerprint density at radius 3 is 2.78 bits per heavy atom. The first-order valence-corrected chi connectivity index (χ1v) is 13.7. The van der Waals surface area contributed by atoms with Gasteiger partial charge >= 0.3 is 4.87 Å². The first-order chi connectivity index (χ1) is 17.4. The van der Waals surface area contributed by atoms with E-state index >= 15 is 0 Å². The minimum atomic E-state index is -0.891. The highest BCUT2D eigenvalue weighted by molar-refractivity contribution is 7.16. The number of aliphatic hydroxyl groups is 1. The van der Waals surface area contributed by atoms with Crippen LogP contribution in [0.15, 0.2) is 41.2 Å². The predicted molar refractivity (Wildman–Crippen MR) is 150 cm³/mol. The molecule has 1 unspecified atom stereocenters. The molecule has 200 valence electrons. The molecule has 1 aliphatic carbocycles. The Kier molecular flexibility index (Phi) is 8.86. The molecule has 2 aromatic carbocycles. The summed E-state index contributed by atoms with van der Waals surface area (Å²) in [6, 6.07) is 11.3. The minimum absolute atomic E-state index is 0. The standard InChI is InChI=1S/C27H32ClN3O4S.ClH/c1-35-21-6-4-19-3-2-10-27(34,22(19)14-21)17-29-15-18-8-11-30(12-9-18)25(32)16-31-23-13-20(28)5-7-24(23)36-26(31)33;/h4-7,13-14,18,29,34H,2-3,8-12,15-17H2,1H3;1H. The summed E-state index contributed by atoms with van der Waals surface area (Å²) >= 11 is 7.24. The van der Waals surface area contributed by atoms with Gasteiger partial charge in [0.2, 0.25) is 5.91 Å². The quantitative estimate of drug-likeness (QED) is 0.448. The molecule has 0 bridgehead atoms. The maximum atomic E-state index is 13.0. The Morgan fingerprint density at radius 2 is 2.03 bits per heavy atom. The summed E-state index contributed by atoms with van der Waals surface area (Å²) in [5.74, 6) is 1.17. The van der Waals surface area contributed by atoms with Gasteiger partial charge in [-0.1, -0.05) is 29.0 Å². The number of carbonyl (C=O) groups excluding carboxylic acids is 1. The highest BCUT2D eigenvalue weighted by Crippen LogP contribution is 2.37. The zero-order valence-corrected chi connectivity index (χ0v) is 23.3. The second kappa shape index (κ2) is 11.7. The van der Waals surface area contributed by atoms with Crippen molar-refractivity contribution < 1.29 is 14.6 Å². The molecule has 2 aliphatic rings. The fourth-order valence-corrected chi connectivity index (χ4v) is 6.55. The van der Waals surface area contributed by atoms with Crippen LogP contribution in [0.25, 0.3) is 10.2 Å². The molecular formula is C27H33Cl2N3O4S. The van der Waals surface area contributed by atoms with Crippen LogP contribution in [0.3, 0.4) is 0 Å². The van der Waals surface area contributed by atoms with Gasteiger partial charge in [-0.15, -0.1) is 12.4 Å². The zero-order valence-electron chi connectivity index (χ0n) is 20.9. The lowest BCUT2D eigenvalue weighted by molar-refractivity contribution is -0.133. The maximum Gasteiger partial charge on any atom is 0.308 e. The number of methoxy groups -OCH3 is 1. The van der Waals surface area contributed by atoms with E-state index in [0.717, 1.165) is 66.0 Å². The fourth-order valence-electron chi connectivity index (χ4n) is 5.51. The number of carbonyl (C=O) groups is 1. The van der Waals surface area contributed by atoms with Gasteiger partial charge < -0.3 is 20.1 Å². The number of piperidine rings is 1. The Bertz CT molecular complexity index is 1320. The monoisotopic (exact) mass is 565 g/mol. The largest absolute Gasteiger partial charge is 0.497 e. The highest BCUT2D eigenvalue weighted by Gasteiger charge is 2.35. The molecule has 2 N–H and O–H groups in total. The molecule has 7 nitrogen and oxygen atoms in total. The Balaban J connectivity index is 0.00000320. The van der Waals surface area contributed by atoms with Gasteiger partial charge in [-0.25, -0.2) is 0 Å². The van der Waals surface area contributed by atoms with E-state index in [0.29, 0.717) is 36.1 Å². The fraction of sp³-hybridized carbons (Fsp3) is 0.481. The number of aromatic nitrogens is 1. The number of ether oxygens (including phenoxy) is 1. The van der Waals surface area contributed by atoms with E-state index in [9.17, 15) is 14.7 Å². The molecule has 1 aromatic heterocycles. The molecule has 1 atom stereocenters. The van der Waals surface area contributed by atoms with Crippen molar-refractivity contribution in [2.75, 3.05) is 33.3 Å². The number of fused-ring (bicyclic) bond motifs is 2. The molecule has 1 aliphatic heterocycles. The first-order valence-electron chi connectivity index (χ1n) is 12.5. The van der Waals surface area contributed by atoms with E-state index in [1.807, 2.05) is 23.1 Å². The van der Waals surface area contributed by atoms with Crippen molar-refractivity contribution in [3.05, 3.63) is 62.2 Å². The third-order valence-corrected chi connectivity index (χ3v) is 8.79. The Labute approximate surface area is 231 Å². The summed E-state index contributed by atoms with van der Waals surface area (Å²) in [5, 5.41) is 15.5. The molecule has 0 saturated carbocycles. The number of halogens is 2. The number of rotatable bonds is 7. The van der Waals surface area contributed by atoms with Crippen LogP contribution in [0.1, 0.15) is 36.8 Å². The summed E-state index contributed by atoms with van der Waals surface area (Å²) < 4.78 is 7.74. The average Bonchev–Trinajstić information content (AvgIpc) is 3.18. The van der Waals surface area contributed by atoms with Crippen molar-refractivity contribution >= 4 is 51.5 Å². The molecule has 1 fully saturated rings. The average molecular weight is 567 g/mol. The molecule has 0 spiro atoms. The summed E-state index contributed by atoms with van der Waals surface area (Å²) in [5.41, 5.74) is 1.99. The number of hydrogen-bond donors (Lipinski definition) is 2. The van der Waals surface area contributed by atoms with E-state index in [1.54, 1.807) is 19.2 Å². The third kappa shape index (κ3) is 5.99. The number of nitrogens with one attached hydrogen (secondary N) is 1.